The molecule has 1 aromatic heterocycles. The Hall–Kier alpha value is -1.35. The number of aromatic nitrogens is 1. The van der Waals surface area contributed by atoms with Crippen molar-refractivity contribution in [3.63, 3.8) is 0 Å². The van der Waals surface area contributed by atoms with E-state index in [1.165, 1.54) is 31.2 Å². The van der Waals surface area contributed by atoms with Gasteiger partial charge in [-0.25, -0.2) is 0 Å². The molecule has 0 atom stereocenters. The standard InChI is InChI=1S/C15H18NOS/c1-2-6-13(7-3-1)12-16-10-11-18-15(16)17-14-8-4-5-9-14/h1-3,6-7,10-11,14H,4-5,8-9,12H2/q+1. The van der Waals surface area contributed by atoms with Gasteiger partial charge in [-0.1, -0.05) is 30.3 Å². The Morgan fingerprint density at radius 3 is 2.72 bits per heavy atom. The fourth-order valence-electron chi connectivity index (χ4n) is 2.43. The van der Waals surface area contributed by atoms with E-state index in [0.717, 1.165) is 11.7 Å². The van der Waals surface area contributed by atoms with Crippen molar-refractivity contribution in [3.05, 3.63) is 47.5 Å². The monoisotopic (exact) mass is 260 g/mol. The quantitative estimate of drug-likeness (QED) is 0.768. The Morgan fingerprint density at radius 1 is 1.17 bits per heavy atom. The molecule has 0 spiro atoms. The van der Waals surface area contributed by atoms with Crippen molar-refractivity contribution in [3.8, 4) is 5.19 Å². The smallest absolute Gasteiger partial charge is 0.430 e. The summed E-state index contributed by atoms with van der Waals surface area (Å²) in [5.41, 5.74) is 1.32. The van der Waals surface area contributed by atoms with Crippen LogP contribution in [0.15, 0.2) is 41.9 Å². The van der Waals surface area contributed by atoms with Crippen LogP contribution in [0.5, 0.6) is 5.19 Å². The molecule has 1 aliphatic rings. The zero-order valence-corrected chi connectivity index (χ0v) is 11.2. The van der Waals surface area contributed by atoms with Crippen molar-refractivity contribution in [2.45, 2.75) is 38.3 Å². The first-order valence-corrected chi connectivity index (χ1v) is 7.47. The molecule has 1 aliphatic carbocycles. The number of hydrogen-bond acceptors (Lipinski definition) is 2. The van der Waals surface area contributed by atoms with Crippen LogP contribution in [0.4, 0.5) is 0 Å². The van der Waals surface area contributed by atoms with E-state index in [9.17, 15) is 0 Å². The van der Waals surface area contributed by atoms with Gasteiger partial charge in [-0.3, -0.25) is 0 Å². The molecule has 0 unspecified atom stereocenters. The van der Waals surface area contributed by atoms with Crippen LogP contribution in [-0.2, 0) is 6.54 Å². The summed E-state index contributed by atoms with van der Waals surface area (Å²) >= 11 is 1.70. The second-order valence-corrected chi connectivity index (χ2v) is 5.66. The van der Waals surface area contributed by atoms with Gasteiger partial charge in [0.25, 0.3) is 0 Å². The Labute approximate surface area is 112 Å². The fraction of sp³-hybridized carbons (Fsp3) is 0.400. The van der Waals surface area contributed by atoms with E-state index < -0.39 is 0 Å². The van der Waals surface area contributed by atoms with Gasteiger partial charge in [-0.15, -0.1) is 0 Å². The van der Waals surface area contributed by atoms with Crippen molar-refractivity contribution in [2.24, 2.45) is 0 Å². The minimum absolute atomic E-state index is 0.436. The maximum Gasteiger partial charge on any atom is 0.430 e. The Kier molecular flexibility index (Phi) is 3.60. The SMILES string of the molecule is c1ccc(C[n+]2ccsc2OC2CCCC2)cc1. The largest absolute Gasteiger partial charge is 0.433 e. The van der Waals surface area contributed by atoms with Crippen LogP contribution in [0.1, 0.15) is 31.2 Å². The zero-order chi connectivity index (χ0) is 12.2. The average molecular weight is 260 g/mol. The lowest BCUT2D eigenvalue weighted by Crippen LogP contribution is -2.34. The van der Waals surface area contributed by atoms with Crippen molar-refractivity contribution in [1.29, 1.82) is 0 Å². The van der Waals surface area contributed by atoms with Gasteiger partial charge in [0.05, 0.1) is 5.38 Å². The minimum atomic E-state index is 0.436. The Balaban J connectivity index is 1.71. The van der Waals surface area contributed by atoms with E-state index >= 15 is 0 Å². The predicted molar refractivity (Wildman–Crippen MR) is 72.9 cm³/mol. The number of hydrogen-bond donors (Lipinski definition) is 0. The molecule has 0 bridgehead atoms. The lowest BCUT2D eigenvalue weighted by molar-refractivity contribution is -0.689. The average Bonchev–Trinajstić information content (AvgIpc) is 3.04. The molecule has 0 radical (unpaired) electrons. The summed E-state index contributed by atoms with van der Waals surface area (Å²) in [6.45, 7) is 0.895. The third-order valence-electron chi connectivity index (χ3n) is 3.41. The summed E-state index contributed by atoms with van der Waals surface area (Å²) in [6.07, 6.45) is 7.60. The maximum atomic E-state index is 6.10. The van der Waals surface area contributed by atoms with Crippen LogP contribution in [0.25, 0.3) is 0 Å². The van der Waals surface area contributed by atoms with Crippen LogP contribution < -0.4 is 9.30 Å². The van der Waals surface area contributed by atoms with Gasteiger partial charge in [0.1, 0.15) is 6.10 Å². The van der Waals surface area contributed by atoms with Gasteiger partial charge in [-0.05, 0) is 37.0 Å². The molecule has 0 N–H and O–H groups in total. The summed E-state index contributed by atoms with van der Waals surface area (Å²) in [5, 5.41) is 3.15. The molecule has 0 amide bonds. The van der Waals surface area contributed by atoms with Crippen molar-refractivity contribution < 1.29 is 9.30 Å². The van der Waals surface area contributed by atoms with Gasteiger partial charge in [0, 0.05) is 5.56 Å². The van der Waals surface area contributed by atoms with Crippen LogP contribution in [0, 0.1) is 0 Å². The fourth-order valence-corrected chi connectivity index (χ4v) is 3.21. The summed E-state index contributed by atoms with van der Waals surface area (Å²) in [5.74, 6) is 0. The van der Waals surface area contributed by atoms with E-state index in [0.29, 0.717) is 6.10 Å². The molecule has 1 aromatic carbocycles. The normalized spacial score (nSPS) is 16.0. The lowest BCUT2D eigenvalue weighted by Gasteiger charge is -2.08. The molecule has 3 rings (SSSR count). The summed E-state index contributed by atoms with van der Waals surface area (Å²) in [6, 6.07) is 10.5. The highest BCUT2D eigenvalue weighted by Crippen LogP contribution is 2.24. The predicted octanol–water partition coefficient (Wildman–Crippen LogP) is 3.41. The molecule has 2 aromatic rings. The summed E-state index contributed by atoms with van der Waals surface area (Å²) in [7, 11) is 0. The molecule has 1 fully saturated rings. The van der Waals surface area contributed by atoms with E-state index in [4.69, 9.17) is 4.74 Å². The molecule has 18 heavy (non-hydrogen) atoms. The second-order valence-electron chi connectivity index (χ2n) is 4.81. The Morgan fingerprint density at radius 2 is 1.94 bits per heavy atom. The first-order chi connectivity index (χ1) is 8.92. The van der Waals surface area contributed by atoms with E-state index in [1.807, 2.05) is 0 Å². The molecular weight excluding hydrogens is 242 g/mol. The van der Waals surface area contributed by atoms with Crippen LogP contribution in [0.2, 0.25) is 0 Å². The van der Waals surface area contributed by atoms with Gasteiger partial charge < -0.3 is 4.74 Å². The van der Waals surface area contributed by atoms with Crippen molar-refractivity contribution in [2.75, 3.05) is 0 Å². The number of rotatable bonds is 4. The lowest BCUT2D eigenvalue weighted by atomic mass is 10.2. The molecule has 3 heteroatoms. The third-order valence-corrected chi connectivity index (χ3v) is 4.20. The topological polar surface area (TPSA) is 13.1 Å². The molecule has 1 saturated carbocycles. The zero-order valence-electron chi connectivity index (χ0n) is 10.4. The highest BCUT2D eigenvalue weighted by molar-refractivity contribution is 7.10. The van der Waals surface area contributed by atoms with Crippen molar-refractivity contribution >= 4 is 11.3 Å². The maximum absolute atomic E-state index is 6.10. The molecule has 0 saturated heterocycles. The Bertz CT molecular complexity index is 488. The molecule has 2 nitrogen and oxygen atoms in total. The van der Waals surface area contributed by atoms with E-state index in [-0.39, 0.29) is 0 Å². The summed E-state index contributed by atoms with van der Waals surface area (Å²) < 4.78 is 8.31. The number of benzene rings is 1. The van der Waals surface area contributed by atoms with Crippen LogP contribution >= 0.6 is 11.3 Å². The third kappa shape index (κ3) is 2.72. The number of nitrogens with zero attached hydrogens (tertiary/aromatic N) is 1. The minimum Gasteiger partial charge on any atom is -0.433 e. The first kappa shape index (κ1) is 11.7. The van der Waals surface area contributed by atoms with E-state index in [1.54, 1.807) is 11.3 Å². The molecule has 0 aliphatic heterocycles. The highest BCUT2D eigenvalue weighted by atomic mass is 32.1. The highest BCUT2D eigenvalue weighted by Gasteiger charge is 2.22. The van der Waals surface area contributed by atoms with Crippen LogP contribution in [0.3, 0.4) is 0 Å². The van der Waals surface area contributed by atoms with Gasteiger partial charge >= 0.3 is 5.19 Å². The second kappa shape index (κ2) is 5.53. The summed E-state index contributed by atoms with van der Waals surface area (Å²) in [4.78, 5) is 0. The van der Waals surface area contributed by atoms with Crippen molar-refractivity contribution in [1.82, 2.24) is 0 Å². The molecule has 94 valence electrons. The number of ether oxygens (including phenoxy) is 1. The first-order valence-electron chi connectivity index (χ1n) is 6.59. The molecule has 1 heterocycles. The van der Waals surface area contributed by atoms with Gasteiger partial charge in [0.2, 0.25) is 0 Å². The van der Waals surface area contributed by atoms with Gasteiger partial charge in [0.15, 0.2) is 12.7 Å². The molecular formula is C15H18NOS+. The number of thiazole rings is 1. The van der Waals surface area contributed by atoms with E-state index in [2.05, 4.69) is 46.5 Å². The van der Waals surface area contributed by atoms with Gasteiger partial charge in [-0.2, -0.15) is 4.57 Å². The van der Waals surface area contributed by atoms with Crippen LogP contribution in [-0.4, -0.2) is 6.10 Å².